The molecule has 0 amide bonds. The van der Waals surface area contributed by atoms with Crippen molar-refractivity contribution in [2.45, 2.75) is 26.1 Å². The summed E-state index contributed by atoms with van der Waals surface area (Å²) >= 11 is 2.10. The fourth-order valence-corrected chi connectivity index (χ4v) is 2.29. The summed E-state index contributed by atoms with van der Waals surface area (Å²) in [6.07, 6.45) is -4.32. The van der Waals surface area contributed by atoms with Crippen molar-refractivity contribution in [3.05, 3.63) is 44.7 Å². The third-order valence-corrected chi connectivity index (χ3v) is 4.47. The molecule has 1 aromatic carbocycles. The van der Waals surface area contributed by atoms with Gasteiger partial charge in [0.25, 0.3) is 0 Å². The van der Waals surface area contributed by atoms with E-state index in [0.717, 1.165) is 27.0 Å². The number of nitrogen functional groups attached to an aromatic ring is 1. The maximum atomic E-state index is 12.5. The Hall–Kier alpha value is -1.25. The number of nitrogens with two attached hydrogens (primary N) is 1. The number of alkyl halides is 3. The second-order valence-electron chi connectivity index (χ2n) is 4.52. The van der Waals surface area contributed by atoms with E-state index in [4.69, 9.17) is 5.73 Å². The number of hydrogen-bond acceptors (Lipinski definition) is 2. The van der Waals surface area contributed by atoms with Gasteiger partial charge >= 0.3 is 6.18 Å². The minimum absolute atomic E-state index is 0.223. The molecule has 2 aromatic rings. The molecule has 1 atom stereocenters. The molecule has 0 saturated heterocycles. The molecule has 0 saturated carbocycles. The molecular weight excluding hydrogens is 382 g/mol. The Labute approximate surface area is 128 Å². The number of halogens is 4. The van der Waals surface area contributed by atoms with Crippen LogP contribution in [0.15, 0.2) is 24.3 Å². The highest BCUT2D eigenvalue weighted by molar-refractivity contribution is 14.1. The van der Waals surface area contributed by atoms with Gasteiger partial charge in [-0.3, -0.25) is 0 Å². The van der Waals surface area contributed by atoms with Gasteiger partial charge in [-0.15, -0.1) is 0 Å². The van der Waals surface area contributed by atoms with Crippen molar-refractivity contribution in [2.75, 3.05) is 5.73 Å². The van der Waals surface area contributed by atoms with E-state index in [-0.39, 0.29) is 6.04 Å². The quantitative estimate of drug-likeness (QED) is 0.782. The molecule has 3 nitrogen and oxygen atoms in total. The van der Waals surface area contributed by atoms with Crippen LogP contribution in [0.2, 0.25) is 0 Å². The molecule has 0 aliphatic rings. The van der Waals surface area contributed by atoms with Crippen molar-refractivity contribution in [2.24, 2.45) is 0 Å². The fourth-order valence-electron chi connectivity index (χ4n) is 1.93. The molecule has 2 N–H and O–H groups in total. The first-order chi connectivity index (χ1) is 9.21. The van der Waals surface area contributed by atoms with Gasteiger partial charge in [0, 0.05) is 0 Å². The van der Waals surface area contributed by atoms with E-state index in [0.29, 0.717) is 5.82 Å². The van der Waals surface area contributed by atoms with Crippen LogP contribution in [0.25, 0.3) is 0 Å². The van der Waals surface area contributed by atoms with Gasteiger partial charge in [0.05, 0.1) is 20.9 Å². The lowest BCUT2D eigenvalue weighted by atomic mass is 10.1. The van der Waals surface area contributed by atoms with E-state index < -0.39 is 11.7 Å². The van der Waals surface area contributed by atoms with Crippen LogP contribution in [-0.2, 0) is 6.18 Å². The standard InChI is InChI=1S/C13H13F3IN3/c1-7-11(17)12(18)20(19-7)8(2)9-3-5-10(6-4-9)13(14,15)16/h3-6,8H,18H2,1-2H3. The van der Waals surface area contributed by atoms with Gasteiger partial charge in [0.2, 0.25) is 0 Å². The van der Waals surface area contributed by atoms with E-state index in [9.17, 15) is 13.2 Å². The smallest absolute Gasteiger partial charge is 0.383 e. The Morgan fingerprint density at radius 1 is 1.25 bits per heavy atom. The first kappa shape index (κ1) is 15.1. The second kappa shape index (κ2) is 5.27. The normalized spacial score (nSPS) is 13.5. The first-order valence-corrected chi connectivity index (χ1v) is 6.97. The van der Waals surface area contributed by atoms with Crippen molar-refractivity contribution in [3.8, 4) is 0 Å². The molecule has 1 aromatic heterocycles. The monoisotopic (exact) mass is 395 g/mol. The number of hydrogen-bond donors (Lipinski definition) is 1. The average Bonchev–Trinajstić information content (AvgIpc) is 2.65. The topological polar surface area (TPSA) is 43.8 Å². The van der Waals surface area contributed by atoms with Crippen LogP contribution in [-0.4, -0.2) is 9.78 Å². The third kappa shape index (κ3) is 2.77. The largest absolute Gasteiger partial charge is 0.416 e. The number of anilines is 1. The van der Waals surface area contributed by atoms with E-state index in [1.54, 1.807) is 4.68 Å². The SMILES string of the molecule is Cc1nn(C(C)c2ccc(C(F)(F)F)cc2)c(N)c1I. The van der Waals surface area contributed by atoms with Gasteiger partial charge in [0.1, 0.15) is 5.82 Å². The fraction of sp³-hybridized carbons (Fsp3) is 0.308. The summed E-state index contributed by atoms with van der Waals surface area (Å²) in [6.45, 7) is 3.69. The van der Waals surface area contributed by atoms with E-state index in [1.807, 2.05) is 13.8 Å². The van der Waals surface area contributed by atoms with Crippen LogP contribution in [0.5, 0.6) is 0 Å². The van der Waals surface area contributed by atoms with Crippen molar-refractivity contribution in [1.29, 1.82) is 0 Å². The zero-order valence-electron chi connectivity index (χ0n) is 10.9. The van der Waals surface area contributed by atoms with Crippen LogP contribution in [0, 0.1) is 10.5 Å². The van der Waals surface area contributed by atoms with Gasteiger partial charge in [-0.1, -0.05) is 12.1 Å². The number of aryl methyl sites for hydroxylation is 1. The third-order valence-electron chi connectivity index (χ3n) is 3.13. The minimum Gasteiger partial charge on any atom is -0.383 e. The lowest BCUT2D eigenvalue weighted by Gasteiger charge is -2.15. The number of aromatic nitrogens is 2. The van der Waals surface area contributed by atoms with Crippen LogP contribution < -0.4 is 5.73 Å². The molecule has 0 aliphatic carbocycles. The van der Waals surface area contributed by atoms with E-state index in [1.165, 1.54) is 12.1 Å². The lowest BCUT2D eigenvalue weighted by molar-refractivity contribution is -0.137. The molecule has 1 unspecified atom stereocenters. The Kier molecular flexibility index (Phi) is 3.99. The molecule has 7 heteroatoms. The van der Waals surface area contributed by atoms with Crippen LogP contribution in [0.4, 0.5) is 19.0 Å². The van der Waals surface area contributed by atoms with Gasteiger partial charge in [-0.25, -0.2) is 4.68 Å². The molecule has 0 aliphatic heterocycles. The summed E-state index contributed by atoms with van der Waals surface area (Å²) in [7, 11) is 0. The molecule has 0 spiro atoms. The summed E-state index contributed by atoms with van der Waals surface area (Å²) in [4.78, 5) is 0. The molecule has 108 valence electrons. The molecule has 0 fully saturated rings. The Morgan fingerprint density at radius 2 is 1.80 bits per heavy atom. The van der Waals surface area contributed by atoms with E-state index >= 15 is 0 Å². The van der Waals surface area contributed by atoms with Gasteiger partial charge in [-0.2, -0.15) is 18.3 Å². The number of nitrogens with zero attached hydrogens (tertiary/aromatic N) is 2. The Morgan fingerprint density at radius 3 is 2.20 bits per heavy atom. The van der Waals surface area contributed by atoms with Crippen molar-refractivity contribution >= 4 is 28.4 Å². The number of benzene rings is 1. The van der Waals surface area contributed by atoms with Crippen molar-refractivity contribution in [1.82, 2.24) is 9.78 Å². The molecule has 20 heavy (non-hydrogen) atoms. The summed E-state index contributed by atoms with van der Waals surface area (Å²) in [5.74, 6) is 0.524. The molecule has 2 rings (SSSR count). The highest BCUT2D eigenvalue weighted by Gasteiger charge is 2.30. The predicted octanol–water partition coefficient (Wildman–Crippen LogP) is 4.01. The highest BCUT2D eigenvalue weighted by Crippen LogP contribution is 2.31. The molecular formula is C13H13F3IN3. The average molecular weight is 395 g/mol. The Bertz CT molecular complexity index is 617. The van der Waals surface area contributed by atoms with Crippen LogP contribution >= 0.6 is 22.6 Å². The summed E-state index contributed by atoms with van der Waals surface area (Å²) in [5, 5.41) is 4.32. The molecule has 0 bridgehead atoms. The summed E-state index contributed by atoms with van der Waals surface area (Å²) in [6, 6.07) is 4.83. The van der Waals surface area contributed by atoms with E-state index in [2.05, 4.69) is 27.7 Å². The zero-order valence-corrected chi connectivity index (χ0v) is 13.0. The van der Waals surface area contributed by atoms with Gasteiger partial charge in [-0.05, 0) is 54.1 Å². The van der Waals surface area contributed by atoms with Crippen LogP contribution in [0.1, 0.15) is 29.8 Å². The molecule has 0 radical (unpaired) electrons. The van der Waals surface area contributed by atoms with Crippen molar-refractivity contribution < 1.29 is 13.2 Å². The predicted molar refractivity (Wildman–Crippen MR) is 79.4 cm³/mol. The van der Waals surface area contributed by atoms with Gasteiger partial charge in [0.15, 0.2) is 0 Å². The summed E-state index contributed by atoms with van der Waals surface area (Å²) in [5.41, 5.74) is 6.83. The maximum Gasteiger partial charge on any atom is 0.416 e. The highest BCUT2D eigenvalue weighted by atomic mass is 127. The number of rotatable bonds is 2. The van der Waals surface area contributed by atoms with Gasteiger partial charge < -0.3 is 5.73 Å². The zero-order chi connectivity index (χ0) is 15.1. The van der Waals surface area contributed by atoms with Crippen LogP contribution in [0.3, 0.4) is 0 Å². The Balaban J connectivity index is 2.34. The second-order valence-corrected chi connectivity index (χ2v) is 5.60. The molecule has 1 heterocycles. The first-order valence-electron chi connectivity index (χ1n) is 5.89. The minimum atomic E-state index is -4.32. The summed E-state index contributed by atoms with van der Waals surface area (Å²) < 4.78 is 40.1. The van der Waals surface area contributed by atoms with Crippen molar-refractivity contribution in [3.63, 3.8) is 0 Å². The lowest BCUT2D eigenvalue weighted by Crippen LogP contribution is -2.12. The maximum absolute atomic E-state index is 12.5.